The van der Waals surface area contributed by atoms with Gasteiger partial charge in [-0.3, -0.25) is 13.9 Å². The molecule has 0 heterocycles. The summed E-state index contributed by atoms with van der Waals surface area (Å²) in [6.45, 7) is 5.02. The molecule has 196 valence electrons. The van der Waals surface area contributed by atoms with Crippen molar-refractivity contribution < 1.29 is 22.7 Å². The smallest absolute Gasteiger partial charge is 0.264 e. The number of hydrogen-bond acceptors (Lipinski definition) is 5. The number of carbonyl (C=O) groups excluding carboxylic acids is 2. The molecule has 9 heteroatoms. The molecule has 3 aromatic rings. The van der Waals surface area contributed by atoms with Crippen LogP contribution in [0.25, 0.3) is 0 Å². The number of rotatable bonds is 10. The first-order valence-corrected chi connectivity index (χ1v) is 13.3. The number of anilines is 1. The summed E-state index contributed by atoms with van der Waals surface area (Å²) < 4.78 is 34.2. The van der Waals surface area contributed by atoms with Gasteiger partial charge in [0.2, 0.25) is 11.8 Å². The number of aryl methyl sites for hydroxylation is 2. The number of nitrogens with one attached hydrogen (secondary N) is 1. The average molecular weight is 524 g/mol. The molecule has 2 amide bonds. The topological polar surface area (TPSA) is 96.0 Å². The molecule has 0 aromatic heterocycles. The average Bonchev–Trinajstić information content (AvgIpc) is 2.90. The van der Waals surface area contributed by atoms with Crippen molar-refractivity contribution in [2.75, 3.05) is 25.0 Å². The van der Waals surface area contributed by atoms with Crippen LogP contribution in [0.3, 0.4) is 0 Å². The van der Waals surface area contributed by atoms with Crippen molar-refractivity contribution in [3.63, 3.8) is 0 Å². The van der Waals surface area contributed by atoms with Gasteiger partial charge in [0.05, 0.1) is 17.7 Å². The zero-order chi connectivity index (χ0) is 27.2. The zero-order valence-corrected chi connectivity index (χ0v) is 22.6. The standard InChI is InChI=1S/C28H33N3O5S/c1-20-11-14-23(15-12-20)18-30(22(3)28(33)29-4)27(32)19-31(25-17-21(2)13-16-26(25)36-5)37(34,35)24-9-7-6-8-10-24/h6-17,22H,18-19H2,1-5H3,(H,29,33)/t22-/m1/s1. The van der Waals surface area contributed by atoms with Gasteiger partial charge >= 0.3 is 0 Å². The van der Waals surface area contributed by atoms with Crippen molar-refractivity contribution in [3.05, 3.63) is 89.5 Å². The van der Waals surface area contributed by atoms with E-state index in [1.165, 1.54) is 31.2 Å². The number of likely N-dealkylation sites (N-methyl/N-ethyl adjacent to an activating group) is 1. The summed E-state index contributed by atoms with van der Waals surface area (Å²) in [5, 5.41) is 2.58. The maximum Gasteiger partial charge on any atom is 0.264 e. The van der Waals surface area contributed by atoms with Gasteiger partial charge in [-0.25, -0.2) is 8.42 Å². The summed E-state index contributed by atoms with van der Waals surface area (Å²) in [7, 11) is -1.21. The summed E-state index contributed by atoms with van der Waals surface area (Å²) in [6.07, 6.45) is 0. The largest absolute Gasteiger partial charge is 0.495 e. The first-order valence-electron chi connectivity index (χ1n) is 11.9. The second kappa shape index (κ2) is 11.9. The summed E-state index contributed by atoms with van der Waals surface area (Å²) in [5.74, 6) is -0.576. The van der Waals surface area contributed by atoms with Gasteiger partial charge in [0, 0.05) is 13.6 Å². The van der Waals surface area contributed by atoms with E-state index in [4.69, 9.17) is 4.74 Å². The number of hydrogen-bond donors (Lipinski definition) is 1. The van der Waals surface area contributed by atoms with E-state index in [1.54, 1.807) is 43.3 Å². The van der Waals surface area contributed by atoms with E-state index in [9.17, 15) is 18.0 Å². The van der Waals surface area contributed by atoms with Gasteiger partial charge in [-0.2, -0.15) is 0 Å². The molecule has 0 bridgehead atoms. The quantitative estimate of drug-likeness (QED) is 0.438. The molecule has 1 N–H and O–H groups in total. The molecule has 3 rings (SSSR count). The normalized spacial score (nSPS) is 11.9. The second-order valence-corrected chi connectivity index (χ2v) is 10.7. The second-order valence-electron chi connectivity index (χ2n) is 8.80. The molecule has 0 aliphatic rings. The Morgan fingerprint density at radius 2 is 1.57 bits per heavy atom. The highest BCUT2D eigenvalue weighted by atomic mass is 32.2. The van der Waals surface area contributed by atoms with E-state index in [0.717, 1.165) is 21.0 Å². The highest BCUT2D eigenvalue weighted by molar-refractivity contribution is 7.92. The molecule has 1 atom stereocenters. The minimum Gasteiger partial charge on any atom is -0.495 e. The number of ether oxygens (including phenoxy) is 1. The lowest BCUT2D eigenvalue weighted by Gasteiger charge is -2.32. The lowest BCUT2D eigenvalue weighted by atomic mass is 10.1. The van der Waals surface area contributed by atoms with E-state index in [2.05, 4.69) is 5.32 Å². The van der Waals surface area contributed by atoms with E-state index >= 15 is 0 Å². The molecule has 0 unspecified atom stereocenters. The molecule has 0 fully saturated rings. The maximum atomic E-state index is 13.8. The molecule has 8 nitrogen and oxygen atoms in total. The van der Waals surface area contributed by atoms with Crippen LogP contribution in [0.1, 0.15) is 23.6 Å². The molecule has 37 heavy (non-hydrogen) atoms. The van der Waals surface area contributed by atoms with Crippen LogP contribution in [-0.4, -0.2) is 51.9 Å². The molecule has 0 radical (unpaired) electrons. The summed E-state index contributed by atoms with van der Waals surface area (Å²) in [4.78, 5) is 27.8. The van der Waals surface area contributed by atoms with Crippen LogP contribution < -0.4 is 14.4 Å². The predicted octanol–water partition coefficient (Wildman–Crippen LogP) is 3.67. The van der Waals surface area contributed by atoms with Gasteiger partial charge in [0.1, 0.15) is 18.3 Å². The fourth-order valence-electron chi connectivity index (χ4n) is 3.91. The maximum absolute atomic E-state index is 13.8. The van der Waals surface area contributed by atoms with Crippen LogP contribution >= 0.6 is 0 Å². The Bertz CT molecular complexity index is 1340. The minimum absolute atomic E-state index is 0.0378. The number of benzene rings is 3. The van der Waals surface area contributed by atoms with Crippen LogP contribution in [0, 0.1) is 13.8 Å². The molecule has 0 aliphatic heterocycles. The number of nitrogens with zero attached hydrogens (tertiary/aromatic N) is 2. The first-order chi connectivity index (χ1) is 17.6. The lowest BCUT2D eigenvalue weighted by molar-refractivity contribution is -0.139. The number of sulfonamides is 1. The van der Waals surface area contributed by atoms with Crippen LogP contribution in [-0.2, 0) is 26.2 Å². The van der Waals surface area contributed by atoms with Crippen LogP contribution in [0.4, 0.5) is 5.69 Å². The summed E-state index contributed by atoms with van der Waals surface area (Å²) in [5.41, 5.74) is 2.92. The molecule has 3 aromatic carbocycles. The Morgan fingerprint density at radius 1 is 0.946 bits per heavy atom. The van der Waals surface area contributed by atoms with Crippen molar-refractivity contribution >= 4 is 27.5 Å². The Kier molecular flexibility index (Phi) is 8.94. The molecule has 0 saturated heterocycles. The minimum atomic E-state index is -4.16. The highest BCUT2D eigenvalue weighted by Gasteiger charge is 2.33. The Hall–Kier alpha value is -3.85. The lowest BCUT2D eigenvalue weighted by Crippen LogP contribution is -2.50. The molecule has 0 spiro atoms. The SMILES string of the molecule is CNC(=O)[C@@H](C)N(Cc1ccc(C)cc1)C(=O)CN(c1cc(C)ccc1OC)S(=O)(=O)c1ccccc1. The fraction of sp³-hybridized carbons (Fsp3) is 0.286. The third-order valence-corrected chi connectivity index (χ3v) is 7.87. The van der Waals surface area contributed by atoms with E-state index in [-0.39, 0.29) is 23.0 Å². The molecular weight excluding hydrogens is 490 g/mol. The predicted molar refractivity (Wildman–Crippen MR) is 144 cm³/mol. The number of carbonyl (C=O) groups is 2. The monoisotopic (exact) mass is 523 g/mol. The van der Waals surface area contributed by atoms with Gasteiger partial charge in [-0.15, -0.1) is 0 Å². The van der Waals surface area contributed by atoms with Crippen LogP contribution in [0.15, 0.2) is 77.7 Å². The Morgan fingerprint density at radius 3 is 2.16 bits per heavy atom. The van der Waals surface area contributed by atoms with Gasteiger partial charge in [0.25, 0.3) is 10.0 Å². The highest BCUT2D eigenvalue weighted by Crippen LogP contribution is 2.33. The Balaban J connectivity index is 2.09. The van der Waals surface area contributed by atoms with Gasteiger partial charge in [0.15, 0.2) is 0 Å². The fourth-order valence-corrected chi connectivity index (χ4v) is 5.35. The molecule has 0 aliphatic carbocycles. The van der Waals surface area contributed by atoms with E-state index < -0.39 is 28.5 Å². The first kappa shape index (κ1) is 27.7. The van der Waals surface area contributed by atoms with Crippen molar-refractivity contribution in [1.29, 1.82) is 0 Å². The van der Waals surface area contributed by atoms with Crippen LogP contribution in [0.2, 0.25) is 0 Å². The third-order valence-electron chi connectivity index (χ3n) is 6.10. The molecular formula is C28H33N3O5S. The van der Waals surface area contributed by atoms with E-state index in [0.29, 0.717) is 5.75 Å². The molecule has 0 saturated carbocycles. The Labute approximate surface area is 218 Å². The van der Waals surface area contributed by atoms with Crippen molar-refractivity contribution in [3.8, 4) is 5.75 Å². The summed E-state index contributed by atoms with van der Waals surface area (Å²) >= 11 is 0. The summed E-state index contributed by atoms with van der Waals surface area (Å²) in [6, 6.07) is 19.8. The van der Waals surface area contributed by atoms with Crippen molar-refractivity contribution in [1.82, 2.24) is 10.2 Å². The van der Waals surface area contributed by atoms with Crippen molar-refractivity contribution in [2.45, 2.75) is 38.3 Å². The van der Waals surface area contributed by atoms with Gasteiger partial charge in [-0.05, 0) is 56.2 Å². The zero-order valence-electron chi connectivity index (χ0n) is 21.8. The van der Waals surface area contributed by atoms with E-state index in [1.807, 2.05) is 38.1 Å². The number of amides is 2. The van der Waals surface area contributed by atoms with Crippen LogP contribution in [0.5, 0.6) is 5.75 Å². The van der Waals surface area contributed by atoms with Gasteiger partial charge < -0.3 is 15.0 Å². The van der Waals surface area contributed by atoms with Gasteiger partial charge in [-0.1, -0.05) is 54.1 Å². The number of methoxy groups -OCH3 is 1. The van der Waals surface area contributed by atoms with Crippen molar-refractivity contribution in [2.24, 2.45) is 0 Å². The third kappa shape index (κ3) is 6.48.